The summed E-state index contributed by atoms with van der Waals surface area (Å²) in [4.78, 5) is 15.7. The van der Waals surface area contributed by atoms with Gasteiger partial charge in [-0.3, -0.25) is 9.69 Å². The molecule has 1 heterocycles. The zero-order valence-electron chi connectivity index (χ0n) is 10.9. The largest absolute Gasteiger partial charge is 0.480 e. The van der Waals surface area contributed by atoms with Crippen LogP contribution in [-0.4, -0.2) is 54.1 Å². The van der Waals surface area contributed by atoms with Gasteiger partial charge < -0.3 is 10.0 Å². The fourth-order valence-corrected chi connectivity index (χ4v) is 2.33. The second kappa shape index (κ2) is 5.83. The minimum absolute atomic E-state index is 0.547. The summed E-state index contributed by atoms with van der Waals surface area (Å²) in [5.74, 6) is -0.839. The van der Waals surface area contributed by atoms with Crippen LogP contribution in [-0.2, 0) is 4.79 Å². The molecule has 1 unspecified atom stereocenters. The zero-order valence-corrected chi connectivity index (χ0v) is 10.9. The molecule has 0 spiro atoms. The highest BCUT2D eigenvalue weighted by molar-refractivity contribution is 5.75. The standard InChI is InChI=1S/C14H17N3O2/c1-16-6-8-17(9-7-16)13(14(18)19)12-4-2-11(10-15)3-5-12/h2-5,13H,6-9H2,1H3,(H,18,19). The van der Waals surface area contributed by atoms with Gasteiger partial charge in [-0.15, -0.1) is 0 Å². The van der Waals surface area contributed by atoms with E-state index >= 15 is 0 Å². The van der Waals surface area contributed by atoms with E-state index in [1.807, 2.05) is 18.0 Å². The van der Waals surface area contributed by atoms with Gasteiger partial charge in [-0.25, -0.2) is 0 Å². The van der Waals surface area contributed by atoms with Crippen molar-refractivity contribution in [1.82, 2.24) is 9.80 Å². The van der Waals surface area contributed by atoms with Crippen LogP contribution in [0, 0.1) is 11.3 Å². The van der Waals surface area contributed by atoms with Gasteiger partial charge in [0, 0.05) is 26.2 Å². The van der Waals surface area contributed by atoms with E-state index in [4.69, 9.17) is 5.26 Å². The van der Waals surface area contributed by atoms with Crippen LogP contribution in [0.15, 0.2) is 24.3 Å². The lowest BCUT2D eigenvalue weighted by Gasteiger charge is -2.36. The quantitative estimate of drug-likeness (QED) is 0.874. The third-order valence-electron chi connectivity index (χ3n) is 3.49. The minimum Gasteiger partial charge on any atom is -0.480 e. The number of nitrogens with zero attached hydrogens (tertiary/aromatic N) is 3. The zero-order chi connectivity index (χ0) is 13.8. The Morgan fingerprint density at radius 3 is 2.32 bits per heavy atom. The molecule has 0 radical (unpaired) electrons. The number of piperazine rings is 1. The number of aliphatic carboxylic acids is 1. The molecular weight excluding hydrogens is 242 g/mol. The van der Waals surface area contributed by atoms with Gasteiger partial charge in [-0.2, -0.15) is 5.26 Å². The van der Waals surface area contributed by atoms with E-state index in [1.54, 1.807) is 24.3 Å². The molecular formula is C14H17N3O2. The Labute approximate surface area is 112 Å². The van der Waals surface area contributed by atoms with Crippen LogP contribution in [0.4, 0.5) is 0 Å². The molecule has 1 aliphatic rings. The van der Waals surface area contributed by atoms with Crippen LogP contribution in [0.1, 0.15) is 17.2 Å². The highest BCUT2D eigenvalue weighted by atomic mass is 16.4. The summed E-state index contributed by atoms with van der Waals surface area (Å²) >= 11 is 0. The molecule has 1 aromatic carbocycles. The molecule has 2 rings (SSSR count). The van der Waals surface area contributed by atoms with Crippen LogP contribution >= 0.6 is 0 Å². The van der Waals surface area contributed by atoms with Crippen molar-refractivity contribution in [3.63, 3.8) is 0 Å². The van der Waals surface area contributed by atoms with Crippen molar-refractivity contribution in [2.24, 2.45) is 0 Å². The van der Waals surface area contributed by atoms with Gasteiger partial charge in [0.2, 0.25) is 0 Å². The summed E-state index contributed by atoms with van der Waals surface area (Å²) in [5.41, 5.74) is 1.28. The number of nitriles is 1. The molecule has 5 heteroatoms. The van der Waals surface area contributed by atoms with E-state index in [-0.39, 0.29) is 0 Å². The first-order valence-corrected chi connectivity index (χ1v) is 6.27. The number of hydrogen-bond donors (Lipinski definition) is 1. The van der Waals surface area contributed by atoms with Crippen LogP contribution in [0.25, 0.3) is 0 Å². The average Bonchev–Trinajstić information content (AvgIpc) is 2.42. The number of carbonyl (C=O) groups is 1. The van der Waals surface area contributed by atoms with Crippen LogP contribution < -0.4 is 0 Å². The van der Waals surface area contributed by atoms with Gasteiger partial charge in [0.15, 0.2) is 0 Å². The second-order valence-corrected chi connectivity index (χ2v) is 4.81. The number of likely N-dealkylation sites (N-methyl/N-ethyl adjacent to an activating group) is 1. The van der Waals surface area contributed by atoms with Crippen molar-refractivity contribution in [3.05, 3.63) is 35.4 Å². The molecule has 0 aliphatic carbocycles. The van der Waals surface area contributed by atoms with Crippen molar-refractivity contribution < 1.29 is 9.90 Å². The van der Waals surface area contributed by atoms with Crippen molar-refractivity contribution in [3.8, 4) is 6.07 Å². The van der Waals surface area contributed by atoms with E-state index in [9.17, 15) is 9.90 Å². The highest BCUT2D eigenvalue weighted by Crippen LogP contribution is 2.22. The lowest BCUT2D eigenvalue weighted by atomic mass is 10.0. The Morgan fingerprint density at radius 1 is 1.26 bits per heavy atom. The monoisotopic (exact) mass is 259 g/mol. The first kappa shape index (κ1) is 13.5. The predicted octanol–water partition coefficient (Wildman–Crippen LogP) is 0.931. The van der Waals surface area contributed by atoms with Crippen molar-refractivity contribution in [1.29, 1.82) is 5.26 Å². The van der Waals surface area contributed by atoms with Gasteiger partial charge in [0.1, 0.15) is 6.04 Å². The Hall–Kier alpha value is -1.90. The van der Waals surface area contributed by atoms with Gasteiger partial charge in [0.05, 0.1) is 11.6 Å². The van der Waals surface area contributed by atoms with E-state index in [0.29, 0.717) is 5.56 Å². The second-order valence-electron chi connectivity index (χ2n) is 4.81. The number of carboxylic acids is 1. The summed E-state index contributed by atoms with van der Waals surface area (Å²) in [7, 11) is 2.04. The van der Waals surface area contributed by atoms with Gasteiger partial charge in [-0.1, -0.05) is 12.1 Å². The summed E-state index contributed by atoms with van der Waals surface area (Å²) in [5, 5.41) is 18.2. The SMILES string of the molecule is CN1CCN(C(C(=O)O)c2ccc(C#N)cc2)CC1. The maximum Gasteiger partial charge on any atom is 0.325 e. The molecule has 1 fully saturated rings. The third kappa shape index (κ3) is 3.11. The topological polar surface area (TPSA) is 67.6 Å². The molecule has 0 aromatic heterocycles. The Kier molecular flexibility index (Phi) is 4.15. The molecule has 0 amide bonds. The minimum atomic E-state index is -0.839. The molecule has 1 aromatic rings. The Bertz CT molecular complexity index is 484. The number of benzene rings is 1. The Balaban J connectivity index is 2.20. The highest BCUT2D eigenvalue weighted by Gasteiger charge is 2.29. The fraction of sp³-hybridized carbons (Fsp3) is 0.429. The lowest BCUT2D eigenvalue weighted by molar-refractivity contribution is -0.144. The van der Waals surface area contributed by atoms with Crippen LogP contribution in [0.2, 0.25) is 0 Å². The molecule has 1 aliphatic heterocycles. The van der Waals surface area contributed by atoms with E-state index in [2.05, 4.69) is 4.90 Å². The van der Waals surface area contributed by atoms with E-state index in [1.165, 1.54) is 0 Å². The van der Waals surface area contributed by atoms with E-state index in [0.717, 1.165) is 31.7 Å². The first-order chi connectivity index (χ1) is 9.11. The molecule has 100 valence electrons. The van der Waals surface area contributed by atoms with Crippen molar-refractivity contribution in [2.45, 2.75) is 6.04 Å². The summed E-state index contributed by atoms with van der Waals surface area (Å²) < 4.78 is 0. The summed E-state index contributed by atoms with van der Waals surface area (Å²) in [6.45, 7) is 3.24. The van der Waals surface area contributed by atoms with Gasteiger partial charge in [-0.05, 0) is 24.7 Å². The smallest absolute Gasteiger partial charge is 0.325 e. The molecule has 0 bridgehead atoms. The van der Waals surface area contributed by atoms with Gasteiger partial charge in [0.25, 0.3) is 0 Å². The molecule has 5 nitrogen and oxygen atoms in total. The van der Waals surface area contributed by atoms with Crippen LogP contribution in [0.3, 0.4) is 0 Å². The number of carboxylic acid groups (broad SMARTS) is 1. The maximum absolute atomic E-state index is 11.5. The van der Waals surface area contributed by atoms with Crippen molar-refractivity contribution in [2.75, 3.05) is 33.2 Å². The number of rotatable bonds is 3. The maximum atomic E-state index is 11.5. The lowest BCUT2D eigenvalue weighted by Crippen LogP contribution is -2.47. The van der Waals surface area contributed by atoms with E-state index < -0.39 is 12.0 Å². The molecule has 1 atom stereocenters. The molecule has 1 N–H and O–H groups in total. The average molecular weight is 259 g/mol. The van der Waals surface area contributed by atoms with Crippen LogP contribution in [0.5, 0.6) is 0 Å². The first-order valence-electron chi connectivity index (χ1n) is 6.27. The molecule has 1 saturated heterocycles. The van der Waals surface area contributed by atoms with Gasteiger partial charge >= 0.3 is 5.97 Å². The number of hydrogen-bond acceptors (Lipinski definition) is 4. The van der Waals surface area contributed by atoms with Crippen molar-refractivity contribution >= 4 is 5.97 Å². The Morgan fingerprint density at radius 2 is 1.84 bits per heavy atom. The fourth-order valence-electron chi connectivity index (χ4n) is 2.33. The predicted molar refractivity (Wildman–Crippen MR) is 70.6 cm³/mol. The summed E-state index contributed by atoms with van der Waals surface area (Å²) in [6, 6.07) is 8.22. The third-order valence-corrected chi connectivity index (χ3v) is 3.49. The molecule has 0 saturated carbocycles. The summed E-state index contributed by atoms with van der Waals surface area (Å²) in [6.07, 6.45) is 0. The molecule has 19 heavy (non-hydrogen) atoms. The normalized spacial score (nSPS) is 18.7.